The van der Waals surface area contributed by atoms with Gasteiger partial charge in [0.15, 0.2) is 0 Å². The van der Waals surface area contributed by atoms with E-state index in [-0.39, 0.29) is 11.3 Å². The molecule has 1 fully saturated rings. The van der Waals surface area contributed by atoms with E-state index in [0.29, 0.717) is 5.92 Å². The molecule has 1 aromatic carbocycles. The number of alkyl halides is 3. The Morgan fingerprint density at radius 2 is 2.00 bits per heavy atom. The van der Waals surface area contributed by atoms with Crippen molar-refractivity contribution in [3.63, 3.8) is 0 Å². The van der Waals surface area contributed by atoms with Gasteiger partial charge in [-0.3, -0.25) is 0 Å². The Labute approximate surface area is 90.3 Å². The zero-order valence-electron chi connectivity index (χ0n) is 8.21. The van der Waals surface area contributed by atoms with E-state index < -0.39 is 6.36 Å². The minimum absolute atomic E-state index is 0.268. The molecule has 16 heavy (non-hydrogen) atoms. The third-order valence-corrected chi connectivity index (χ3v) is 2.40. The molecule has 0 atom stereocenters. The lowest BCUT2D eigenvalue weighted by Gasteiger charge is -2.10. The van der Waals surface area contributed by atoms with E-state index in [2.05, 4.69) is 4.74 Å². The molecule has 0 radical (unpaired) electrons. The molecule has 0 aromatic heterocycles. The van der Waals surface area contributed by atoms with Gasteiger partial charge in [-0.25, -0.2) is 0 Å². The molecule has 1 aromatic rings. The number of halogens is 3. The maximum absolute atomic E-state index is 11.9. The molecule has 0 amide bonds. The molecule has 0 spiro atoms. The van der Waals surface area contributed by atoms with Crippen molar-refractivity contribution in [2.24, 2.45) is 0 Å². The first-order chi connectivity index (χ1) is 7.49. The number of nitriles is 1. The minimum Gasteiger partial charge on any atom is -0.406 e. The maximum atomic E-state index is 11.9. The standard InChI is InChI=1S/C11H8F3NO/c12-11(13,14)16-9-3-4-10(7-1-2-7)8(5-9)6-15/h3-5,7H,1-2H2. The smallest absolute Gasteiger partial charge is 0.406 e. The van der Waals surface area contributed by atoms with Crippen LogP contribution in [0.15, 0.2) is 18.2 Å². The van der Waals surface area contributed by atoms with Gasteiger partial charge in [0.2, 0.25) is 0 Å². The molecule has 5 heteroatoms. The molecular weight excluding hydrogens is 219 g/mol. The van der Waals surface area contributed by atoms with Crippen LogP contribution in [0.3, 0.4) is 0 Å². The van der Waals surface area contributed by atoms with Crippen LogP contribution in [0.2, 0.25) is 0 Å². The summed E-state index contributed by atoms with van der Waals surface area (Å²) < 4.78 is 39.6. The molecule has 1 saturated carbocycles. The number of hydrogen-bond donors (Lipinski definition) is 0. The van der Waals surface area contributed by atoms with Crippen LogP contribution < -0.4 is 4.74 Å². The van der Waals surface area contributed by atoms with Crippen LogP contribution in [-0.2, 0) is 0 Å². The monoisotopic (exact) mass is 227 g/mol. The topological polar surface area (TPSA) is 33.0 Å². The van der Waals surface area contributed by atoms with Crippen LogP contribution in [0.4, 0.5) is 13.2 Å². The summed E-state index contributed by atoms with van der Waals surface area (Å²) in [6.07, 6.45) is -2.73. The quantitative estimate of drug-likeness (QED) is 0.776. The lowest BCUT2D eigenvalue weighted by molar-refractivity contribution is -0.274. The summed E-state index contributed by atoms with van der Waals surface area (Å²) in [5.74, 6) is -0.0111. The molecule has 0 saturated heterocycles. The van der Waals surface area contributed by atoms with Gasteiger partial charge in [-0.1, -0.05) is 6.07 Å². The highest BCUT2D eigenvalue weighted by atomic mass is 19.4. The van der Waals surface area contributed by atoms with Crippen molar-refractivity contribution in [3.05, 3.63) is 29.3 Å². The second-order valence-electron chi connectivity index (χ2n) is 3.68. The summed E-state index contributed by atoms with van der Waals surface area (Å²) in [5, 5.41) is 8.83. The highest BCUT2D eigenvalue weighted by Gasteiger charge is 2.32. The average Bonchev–Trinajstić information content (AvgIpc) is 2.98. The zero-order chi connectivity index (χ0) is 11.8. The van der Waals surface area contributed by atoms with E-state index in [1.165, 1.54) is 12.1 Å². The fourth-order valence-electron chi connectivity index (χ4n) is 1.58. The average molecular weight is 227 g/mol. The fraction of sp³-hybridized carbons (Fsp3) is 0.364. The number of hydrogen-bond acceptors (Lipinski definition) is 2. The molecule has 0 aliphatic heterocycles. The van der Waals surface area contributed by atoms with E-state index in [1.54, 1.807) is 0 Å². The third kappa shape index (κ3) is 2.45. The van der Waals surface area contributed by atoms with E-state index >= 15 is 0 Å². The number of nitrogens with zero attached hydrogens (tertiary/aromatic N) is 1. The maximum Gasteiger partial charge on any atom is 0.573 e. The minimum atomic E-state index is -4.71. The zero-order valence-corrected chi connectivity index (χ0v) is 8.21. The molecule has 2 nitrogen and oxygen atoms in total. The van der Waals surface area contributed by atoms with Gasteiger partial charge in [0.25, 0.3) is 0 Å². The van der Waals surface area contributed by atoms with E-state index in [9.17, 15) is 13.2 Å². The normalized spacial score (nSPS) is 15.6. The molecule has 0 bridgehead atoms. The van der Waals surface area contributed by atoms with Gasteiger partial charge in [-0.15, -0.1) is 13.2 Å². The van der Waals surface area contributed by atoms with E-state index in [0.717, 1.165) is 24.5 Å². The lowest BCUT2D eigenvalue weighted by atomic mass is 10.0. The van der Waals surface area contributed by atoms with Crippen molar-refractivity contribution in [1.29, 1.82) is 5.26 Å². The Morgan fingerprint density at radius 3 is 2.50 bits per heavy atom. The Hall–Kier alpha value is -1.70. The van der Waals surface area contributed by atoms with Crippen LogP contribution in [0.25, 0.3) is 0 Å². The summed E-state index contributed by atoms with van der Waals surface area (Å²) in [5.41, 5.74) is 1.08. The van der Waals surface area contributed by atoms with Crippen molar-refractivity contribution in [1.82, 2.24) is 0 Å². The van der Waals surface area contributed by atoms with Crippen molar-refractivity contribution in [2.75, 3.05) is 0 Å². The predicted octanol–water partition coefficient (Wildman–Crippen LogP) is 3.33. The highest BCUT2D eigenvalue weighted by molar-refractivity contribution is 5.46. The SMILES string of the molecule is N#Cc1cc(OC(F)(F)F)ccc1C1CC1. The van der Waals surface area contributed by atoms with Gasteiger partial charge >= 0.3 is 6.36 Å². The number of benzene rings is 1. The summed E-state index contributed by atoms with van der Waals surface area (Å²) in [6.45, 7) is 0. The van der Waals surface area contributed by atoms with E-state index in [4.69, 9.17) is 5.26 Å². The van der Waals surface area contributed by atoms with Crippen LogP contribution in [0.5, 0.6) is 5.75 Å². The summed E-state index contributed by atoms with van der Waals surface area (Å²) in [7, 11) is 0. The first-order valence-electron chi connectivity index (χ1n) is 4.79. The van der Waals surface area contributed by atoms with Crippen LogP contribution in [-0.4, -0.2) is 6.36 Å². The van der Waals surface area contributed by atoms with Gasteiger partial charge in [0.05, 0.1) is 11.6 Å². The van der Waals surface area contributed by atoms with E-state index in [1.807, 2.05) is 6.07 Å². The number of ether oxygens (including phenoxy) is 1. The predicted molar refractivity (Wildman–Crippen MR) is 49.8 cm³/mol. The molecule has 1 aliphatic rings. The number of rotatable bonds is 2. The molecule has 2 rings (SSSR count). The van der Waals surface area contributed by atoms with Gasteiger partial charge in [0, 0.05) is 0 Å². The van der Waals surface area contributed by atoms with Gasteiger partial charge in [-0.2, -0.15) is 5.26 Å². The molecular formula is C11H8F3NO. The highest BCUT2D eigenvalue weighted by Crippen LogP contribution is 2.42. The molecule has 84 valence electrons. The second-order valence-corrected chi connectivity index (χ2v) is 3.68. The third-order valence-electron chi connectivity index (χ3n) is 2.40. The Morgan fingerprint density at radius 1 is 1.31 bits per heavy atom. The van der Waals surface area contributed by atoms with Crippen molar-refractivity contribution in [3.8, 4) is 11.8 Å². The molecule has 0 unspecified atom stereocenters. The molecule has 1 aliphatic carbocycles. The Bertz CT molecular complexity index is 444. The van der Waals surface area contributed by atoms with Gasteiger partial charge in [-0.05, 0) is 36.5 Å². The fourth-order valence-corrected chi connectivity index (χ4v) is 1.58. The Balaban J connectivity index is 2.27. The van der Waals surface area contributed by atoms with Crippen LogP contribution in [0, 0.1) is 11.3 Å². The molecule has 0 N–H and O–H groups in total. The lowest BCUT2D eigenvalue weighted by Crippen LogP contribution is -2.17. The summed E-state index contributed by atoms with van der Waals surface area (Å²) in [6, 6.07) is 5.83. The first-order valence-corrected chi connectivity index (χ1v) is 4.79. The van der Waals surface area contributed by atoms with Crippen molar-refractivity contribution in [2.45, 2.75) is 25.1 Å². The Kier molecular flexibility index (Phi) is 2.50. The van der Waals surface area contributed by atoms with Gasteiger partial charge in [0.1, 0.15) is 5.75 Å². The van der Waals surface area contributed by atoms with Crippen LogP contribution in [0.1, 0.15) is 29.9 Å². The van der Waals surface area contributed by atoms with Crippen LogP contribution >= 0.6 is 0 Å². The summed E-state index contributed by atoms with van der Waals surface area (Å²) >= 11 is 0. The largest absolute Gasteiger partial charge is 0.573 e. The first kappa shape index (κ1) is 10.8. The molecule has 0 heterocycles. The van der Waals surface area contributed by atoms with Crippen molar-refractivity contribution >= 4 is 0 Å². The second kappa shape index (κ2) is 3.71. The summed E-state index contributed by atoms with van der Waals surface area (Å²) in [4.78, 5) is 0. The van der Waals surface area contributed by atoms with Gasteiger partial charge < -0.3 is 4.74 Å². The van der Waals surface area contributed by atoms with Crippen molar-refractivity contribution < 1.29 is 17.9 Å².